The molecule has 1 saturated carbocycles. The molecule has 0 aromatic carbocycles. The molecule has 6 nitrogen and oxygen atoms in total. The van der Waals surface area contributed by atoms with E-state index in [0.29, 0.717) is 0 Å². The Kier molecular flexibility index (Phi) is 3.67. The monoisotopic (exact) mass is 314 g/mol. The zero-order chi connectivity index (χ0) is 15.8. The van der Waals surface area contributed by atoms with E-state index in [9.17, 15) is 9.59 Å². The normalized spacial score (nSPS) is 23.8. The summed E-state index contributed by atoms with van der Waals surface area (Å²) in [5.74, 6) is 0.805. The second kappa shape index (κ2) is 5.83. The maximum atomic E-state index is 12.8. The first-order valence-corrected chi connectivity index (χ1v) is 8.56. The Hall–Kier alpha value is -2.11. The number of hydrogen-bond donors (Lipinski definition) is 1. The van der Waals surface area contributed by atoms with Gasteiger partial charge in [-0.25, -0.2) is 4.98 Å². The van der Waals surface area contributed by atoms with Gasteiger partial charge in [0.2, 0.25) is 11.8 Å². The molecule has 2 aliphatic heterocycles. The fraction of sp³-hybridized carbons (Fsp3) is 0.588. The standard InChI is InChI=1S/C17H22N4O2/c22-15(19-12-5-1-2-6-12)11-21-13-7-3-9-18-16(13)20-10-4-8-14(20)17(21)23/h3,7,9,12,14H,1-2,4-6,8,10-11H2,(H,19,22)/t14-/m1/s1. The number of pyridine rings is 1. The number of nitrogens with one attached hydrogen (secondary N) is 1. The summed E-state index contributed by atoms with van der Waals surface area (Å²) in [5, 5.41) is 3.07. The van der Waals surface area contributed by atoms with Gasteiger partial charge in [0.15, 0.2) is 5.82 Å². The fourth-order valence-corrected chi connectivity index (χ4v) is 4.05. The third-order valence-electron chi connectivity index (χ3n) is 5.15. The van der Waals surface area contributed by atoms with Crippen molar-refractivity contribution in [3.63, 3.8) is 0 Å². The Balaban J connectivity index is 1.56. The zero-order valence-electron chi connectivity index (χ0n) is 13.2. The summed E-state index contributed by atoms with van der Waals surface area (Å²) in [6, 6.07) is 3.83. The topological polar surface area (TPSA) is 65.5 Å². The van der Waals surface area contributed by atoms with Crippen LogP contribution in [-0.4, -0.2) is 42.0 Å². The van der Waals surface area contributed by atoms with Crippen molar-refractivity contribution in [2.75, 3.05) is 22.9 Å². The summed E-state index contributed by atoms with van der Waals surface area (Å²) >= 11 is 0. The van der Waals surface area contributed by atoms with Crippen molar-refractivity contribution in [3.8, 4) is 0 Å². The largest absolute Gasteiger partial charge is 0.352 e. The van der Waals surface area contributed by atoms with Gasteiger partial charge in [0, 0.05) is 18.8 Å². The smallest absolute Gasteiger partial charge is 0.250 e. The van der Waals surface area contributed by atoms with Crippen LogP contribution in [-0.2, 0) is 9.59 Å². The summed E-state index contributed by atoms with van der Waals surface area (Å²) in [7, 11) is 0. The number of fused-ring (bicyclic) bond motifs is 3. The molecule has 0 bridgehead atoms. The molecule has 3 heterocycles. The third kappa shape index (κ3) is 2.56. The summed E-state index contributed by atoms with van der Waals surface area (Å²) in [5.41, 5.74) is 0.761. The summed E-state index contributed by atoms with van der Waals surface area (Å²) < 4.78 is 0. The van der Waals surface area contributed by atoms with Crippen molar-refractivity contribution in [3.05, 3.63) is 18.3 Å². The number of anilines is 2. The van der Waals surface area contributed by atoms with Crippen LogP contribution in [0.1, 0.15) is 38.5 Å². The van der Waals surface area contributed by atoms with E-state index >= 15 is 0 Å². The van der Waals surface area contributed by atoms with Crippen LogP contribution in [0.3, 0.4) is 0 Å². The average molecular weight is 314 g/mol. The van der Waals surface area contributed by atoms with Crippen LogP contribution in [0.25, 0.3) is 0 Å². The molecule has 0 radical (unpaired) electrons. The van der Waals surface area contributed by atoms with E-state index in [4.69, 9.17) is 0 Å². The van der Waals surface area contributed by atoms with Gasteiger partial charge < -0.3 is 10.2 Å². The van der Waals surface area contributed by atoms with E-state index in [2.05, 4.69) is 15.2 Å². The molecule has 1 aromatic heterocycles. The number of rotatable bonds is 3. The van der Waals surface area contributed by atoms with Crippen LogP contribution < -0.4 is 15.1 Å². The number of carbonyl (C=O) groups is 2. The molecular weight excluding hydrogens is 292 g/mol. The average Bonchev–Trinajstić information content (AvgIpc) is 3.23. The highest BCUT2D eigenvalue weighted by Crippen LogP contribution is 2.38. The highest BCUT2D eigenvalue weighted by Gasteiger charge is 2.42. The summed E-state index contributed by atoms with van der Waals surface area (Å²) in [4.78, 5) is 33.4. The van der Waals surface area contributed by atoms with Crippen molar-refractivity contribution >= 4 is 23.3 Å². The predicted molar refractivity (Wildman–Crippen MR) is 87.4 cm³/mol. The third-order valence-corrected chi connectivity index (χ3v) is 5.15. The minimum Gasteiger partial charge on any atom is -0.352 e. The Morgan fingerprint density at radius 3 is 2.91 bits per heavy atom. The van der Waals surface area contributed by atoms with Crippen LogP contribution in [0.15, 0.2) is 18.3 Å². The van der Waals surface area contributed by atoms with Crippen molar-refractivity contribution in [2.24, 2.45) is 0 Å². The van der Waals surface area contributed by atoms with Gasteiger partial charge in [-0.05, 0) is 37.8 Å². The maximum absolute atomic E-state index is 12.8. The Labute approximate surface area is 135 Å². The van der Waals surface area contributed by atoms with E-state index in [1.807, 2.05) is 12.1 Å². The number of carbonyl (C=O) groups excluding carboxylic acids is 2. The number of aromatic nitrogens is 1. The molecule has 1 aromatic rings. The van der Waals surface area contributed by atoms with Crippen LogP contribution in [0.4, 0.5) is 11.5 Å². The molecule has 0 spiro atoms. The van der Waals surface area contributed by atoms with Crippen molar-refractivity contribution < 1.29 is 9.59 Å². The number of hydrogen-bond acceptors (Lipinski definition) is 4. The molecule has 4 rings (SSSR count). The van der Waals surface area contributed by atoms with Crippen LogP contribution >= 0.6 is 0 Å². The Morgan fingerprint density at radius 2 is 2.09 bits per heavy atom. The highest BCUT2D eigenvalue weighted by atomic mass is 16.2. The van der Waals surface area contributed by atoms with Gasteiger partial charge >= 0.3 is 0 Å². The lowest BCUT2D eigenvalue weighted by molar-refractivity contribution is -0.125. The molecule has 2 amide bonds. The lowest BCUT2D eigenvalue weighted by Crippen LogP contribution is -2.54. The van der Waals surface area contributed by atoms with E-state index in [-0.39, 0.29) is 30.4 Å². The zero-order valence-corrected chi connectivity index (χ0v) is 13.2. The number of amides is 2. The van der Waals surface area contributed by atoms with E-state index in [1.54, 1.807) is 11.1 Å². The Morgan fingerprint density at radius 1 is 1.26 bits per heavy atom. The van der Waals surface area contributed by atoms with Gasteiger partial charge in [-0.3, -0.25) is 14.5 Å². The highest BCUT2D eigenvalue weighted by molar-refractivity contribution is 6.08. The van der Waals surface area contributed by atoms with Gasteiger partial charge in [-0.2, -0.15) is 0 Å². The molecule has 23 heavy (non-hydrogen) atoms. The minimum atomic E-state index is -0.156. The fourth-order valence-electron chi connectivity index (χ4n) is 4.05. The molecule has 0 unspecified atom stereocenters. The van der Waals surface area contributed by atoms with Gasteiger partial charge in [-0.1, -0.05) is 12.8 Å². The van der Waals surface area contributed by atoms with Crippen LogP contribution in [0.5, 0.6) is 0 Å². The Bertz CT molecular complexity index is 627. The number of nitrogens with zero attached hydrogens (tertiary/aromatic N) is 3. The molecule has 3 aliphatic rings. The van der Waals surface area contributed by atoms with Gasteiger partial charge in [0.25, 0.3) is 0 Å². The SMILES string of the molecule is O=C(CN1C(=O)[C@H]2CCCN2c2ncccc21)NC1CCCC1. The maximum Gasteiger partial charge on any atom is 0.250 e. The first-order chi connectivity index (χ1) is 11.2. The first-order valence-electron chi connectivity index (χ1n) is 8.56. The lowest BCUT2D eigenvalue weighted by atomic mass is 10.1. The molecule has 1 atom stereocenters. The molecular formula is C17H22N4O2. The van der Waals surface area contributed by atoms with Crippen LogP contribution in [0, 0.1) is 0 Å². The first kappa shape index (κ1) is 14.5. The van der Waals surface area contributed by atoms with Crippen molar-refractivity contribution in [2.45, 2.75) is 50.6 Å². The van der Waals surface area contributed by atoms with E-state index in [1.165, 1.54) is 12.8 Å². The lowest BCUT2D eigenvalue weighted by Gasteiger charge is -2.38. The molecule has 2 fully saturated rings. The summed E-state index contributed by atoms with van der Waals surface area (Å²) in [6.45, 7) is 0.959. The van der Waals surface area contributed by atoms with Crippen molar-refractivity contribution in [1.29, 1.82) is 0 Å². The molecule has 6 heteroatoms. The summed E-state index contributed by atoms with van der Waals surface area (Å²) in [6.07, 6.45) is 8.04. The van der Waals surface area contributed by atoms with Gasteiger partial charge in [0.05, 0.1) is 5.69 Å². The molecule has 1 aliphatic carbocycles. The second-order valence-corrected chi connectivity index (χ2v) is 6.67. The molecule has 1 N–H and O–H groups in total. The second-order valence-electron chi connectivity index (χ2n) is 6.67. The van der Waals surface area contributed by atoms with E-state index < -0.39 is 0 Å². The van der Waals surface area contributed by atoms with E-state index in [0.717, 1.165) is 43.7 Å². The van der Waals surface area contributed by atoms with Crippen molar-refractivity contribution in [1.82, 2.24) is 10.3 Å². The van der Waals surface area contributed by atoms with Crippen LogP contribution in [0.2, 0.25) is 0 Å². The minimum absolute atomic E-state index is 0.0320. The molecule has 122 valence electrons. The van der Waals surface area contributed by atoms with Gasteiger partial charge in [0.1, 0.15) is 12.6 Å². The van der Waals surface area contributed by atoms with Gasteiger partial charge in [-0.15, -0.1) is 0 Å². The quantitative estimate of drug-likeness (QED) is 0.917. The predicted octanol–water partition coefficient (Wildman–Crippen LogP) is 1.46. The molecule has 1 saturated heterocycles.